The van der Waals surface area contributed by atoms with Gasteiger partial charge in [0.05, 0.1) is 11.7 Å². The molecule has 158 valence electrons. The van der Waals surface area contributed by atoms with E-state index >= 15 is 0 Å². The van der Waals surface area contributed by atoms with Crippen molar-refractivity contribution in [1.82, 2.24) is 25.1 Å². The number of H-pyrrole nitrogens is 2. The molecular formula is C24H26N6O. The second-order valence-electron chi connectivity index (χ2n) is 8.35. The van der Waals surface area contributed by atoms with E-state index in [-0.39, 0.29) is 5.91 Å². The van der Waals surface area contributed by atoms with Gasteiger partial charge in [-0.15, -0.1) is 0 Å². The monoisotopic (exact) mass is 414 g/mol. The molecule has 4 heterocycles. The molecule has 0 spiro atoms. The average molecular weight is 415 g/mol. The number of anilines is 1. The molecular weight excluding hydrogens is 388 g/mol. The minimum absolute atomic E-state index is 0.181. The van der Waals surface area contributed by atoms with Crippen LogP contribution in [0, 0.1) is 6.92 Å². The molecule has 5 rings (SSSR count). The van der Waals surface area contributed by atoms with Gasteiger partial charge >= 0.3 is 0 Å². The third kappa shape index (κ3) is 3.96. The normalized spacial score (nSPS) is 16.8. The Morgan fingerprint density at radius 1 is 1.23 bits per heavy atom. The van der Waals surface area contributed by atoms with Crippen molar-refractivity contribution in [3.63, 3.8) is 0 Å². The molecule has 1 aliphatic rings. The standard InChI is InChI=1S/C24H26N6O/c1-15-4-3-9-30(15)14-20-10-19-12-25-23(11-22(19)27-20)28-24(31)18-7-5-17(6-8-18)21-13-26-29-16(21)2/h5-8,10-13,15,27H,3-4,9,14H2,1-2H3,(H,26,29)(H,25,28,31)/t15-/m0/s1. The molecule has 3 aromatic heterocycles. The molecule has 0 aliphatic carbocycles. The van der Waals surface area contributed by atoms with E-state index in [1.165, 1.54) is 18.5 Å². The molecule has 4 aromatic rings. The number of amides is 1. The third-order valence-corrected chi connectivity index (χ3v) is 6.15. The Morgan fingerprint density at radius 3 is 2.77 bits per heavy atom. The van der Waals surface area contributed by atoms with Crippen molar-refractivity contribution >= 4 is 22.6 Å². The number of pyridine rings is 1. The van der Waals surface area contributed by atoms with Crippen LogP contribution in [-0.4, -0.2) is 43.6 Å². The lowest BCUT2D eigenvalue weighted by Crippen LogP contribution is -2.26. The smallest absolute Gasteiger partial charge is 0.256 e. The summed E-state index contributed by atoms with van der Waals surface area (Å²) in [5, 5.41) is 10.9. The number of carbonyl (C=O) groups is 1. The molecule has 0 bridgehead atoms. The topological polar surface area (TPSA) is 89.7 Å². The first-order chi connectivity index (χ1) is 15.1. The van der Waals surface area contributed by atoms with Crippen molar-refractivity contribution in [2.24, 2.45) is 0 Å². The highest BCUT2D eigenvalue weighted by atomic mass is 16.1. The van der Waals surface area contributed by atoms with E-state index in [0.29, 0.717) is 17.4 Å². The quantitative estimate of drug-likeness (QED) is 0.449. The van der Waals surface area contributed by atoms with Crippen molar-refractivity contribution in [3.8, 4) is 11.1 Å². The Hall–Kier alpha value is -3.45. The number of nitrogens with one attached hydrogen (secondary N) is 3. The van der Waals surface area contributed by atoms with E-state index in [2.05, 4.69) is 43.4 Å². The van der Waals surface area contributed by atoms with E-state index in [0.717, 1.165) is 40.8 Å². The number of hydrogen-bond donors (Lipinski definition) is 3. The molecule has 1 saturated heterocycles. The van der Waals surface area contributed by atoms with E-state index in [4.69, 9.17) is 0 Å². The zero-order chi connectivity index (χ0) is 21.4. The summed E-state index contributed by atoms with van der Waals surface area (Å²) in [7, 11) is 0. The second kappa shape index (κ2) is 8.00. The fraction of sp³-hybridized carbons (Fsp3) is 0.292. The zero-order valence-corrected chi connectivity index (χ0v) is 17.8. The predicted octanol–water partition coefficient (Wildman–Crippen LogP) is 4.50. The van der Waals surface area contributed by atoms with E-state index < -0.39 is 0 Å². The van der Waals surface area contributed by atoms with Crippen LogP contribution < -0.4 is 5.32 Å². The number of aryl methyl sites for hydroxylation is 1. The number of aromatic amines is 2. The van der Waals surface area contributed by atoms with Gasteiger partial charge in [-0.1, -0.05) is 12.1 Å². The van der Waals surface area contributed by atoms with Gasteiger partial charge in [-0.05, 0) is 57.0 Å². The lowest BCUT2D eigenvalue weighted by atomic mass is 10.0. The second-order valence-corrected chi connectivity index (χ2v) is 8.35. The first kappa shape index (κ1) is 19.5. The highest BCUT2D eigenvalue weighted by molar-refractivity contribution is 6.04. The molecule has 1 aromatic carbocycles. The molecule has 3 N–H and O–H groups in total. The van der Waals surface area contributed by atoms with Crippen molar-refractivity contribution in [1.29, 1.82) is 0 Å². The highest BCUT2D eigenvalue weighted by Gasteiger charge is 2.20. The molecule has 1 fully saturated rings. The summed E-state index contributed by atoms with van der Waals surface area (Å²) >= 11 is 0. The Morgan fingerprint density at radius 2 is 2.06 bits per heavy atom. The highest BCUT2D eigenvalue weighted by Crippen LogP contribution is 2.24. The fourth-order valence-corrected chi connectivity index (χ4v) is 4.32. The van der Waals surface area contributed by atoms with Crippen molar-refractivity contribution in [2.45, 2.75) is 39.3 Å². The average Bonchev–Trinajstić information content (AvgIpc) is 3.48. The third-order valence-electron chi connectivity index (χ3n) is 6.15. The van der Waals surface area contributed by atoms with Crippen molar-refractivity contribution in [3.05, 3.63) is 65.7 Å². The number of benzene rings is 1. The number of rotatable bonds is 5. The number of aromatic nitrogens is 4. The van der Waals surface area contributed by atoms with E-state index in [1.54, 1.807) is 6.20 Å². The summed E-state index contributed by atoms with van der Waals surface area (Å²) in [6.07, 6.45) is 6.13. The largest absolute Gasteiger partial charge is 0.357 e. The number of nitrogens with zero attached hydrogens (tertiary/aromatic N) is 3. The maximum atomic E-state index is 12.7. The van der Waals surface area contributed by atoms with Gasteiger partial charge in [0, 0.05) is 52.8 Å². The van der Waals surface area contributed by atoms with Gasteiger partial charge in [-0.25, -0.2) is 4.98 Å². The van der Waals surface area contributed by atoms with Crippen LogP contribution in [-0.2, 0) is 6.54 Å². The van der Waals surface area contributed by atoms with Crippen molar-refractivity contribution in [2.75, 3.05) is 11.9 Å². The van der Waals surface area contributed by atoms with Crippen LogP contribution in [0.25, 0.3) is 22.0 Å². The number of fused-ring (bicyclic) bond motifs is 1. The summed E-state index contributed by atoms with van der Waals surface area (Å²) in [4.78, 5) is 23.1. The van der Waals surface area contributed by atoms with Gasteiger partial charge in [0.2, 0.25) is 0 Å². The number of hydrogen-bond acceptors (Lipinski definition) is 4. The summed E-state index contributed by atoms with van der Waals surface area (Å²) < 4.78 is 0. The molecule has 0 unspecified atom stereocenters. The van der Waals surface area contributed by atoms with Gasteiger partial charge in [-0.3, -0.25) is 14.8 Å². The minimum Gasteiger partial charge on any atom is -0.357 e. The van der Waals surface area contributed by atoms with Gasteiger partial charge in [0.1, 0.15) is 5.82 Å². The molecule has 1 atom stereocenters. The molecule has 1 amide bonds. The number of likely N-dealkylation sites (tertiary alicyclic amines) is 1. The molecule has 1 aliphatic heterocycles. The number of carbonyl (C=O) groups excluding carboxylic acids is 1. The van der Waals surface area contributed by atoms with Crippen LogP contribution in [0.5, 0.6) is 0 Å². The molecule has 0 saturated carbocycles. The van der Waals surface area contributed by atoms with Gasteiger partial charge in [0.25, 0.3) is 5.91 Å². The van der Waals surface area contributed by atoms with Crippen LogP contribution in [0.1, 0.15) is 41.5 Å². The molecule has 7 nitrogen and oxygen atoms in total. The summed E-state index contributed by atoms with van der Waals surface area (Å²) in [6.45, 7) is 6.32. The Bertz CT molecular complexity index is 1220. The van der Waals surface area contributed by atoms with Gasteiger partial charge in [0.15, 0.2) is 0 Å². The van der Waals surface area contributed by atoms with Crippen molar-refractivity contribution < 1.29 is 4.79 Å². The Balaban J connectivity index is 1.29. The molecule has 31 heavy (non-hydrogen) atoms. The SMILES string of the molecule is Cc1[nH]ncc1-c1ccc(C(=O)Nc2cc3[nH]c(CN4CCC[C@@H]4C)cc3cn2)cc1. The van der Waals surface area contributed by atoms with Gasteiger partial charge in [-0.2, -0.15) is 5.10 Å². The van der Waals surface area contributed by atoms with Crippen LogP contribution in [0.2, 0.25) is 0 Å². The Labute approximate surface area is 180 Å². The lowest BCUT2D eigenvalue weighted by molar-refractivity contribution is 0.102. The predicted molar refractivity (Wildman–Crippen MR) is 122 cm³/mol. The maximum absolute atomic E-state index is 12.7. The van der Waals surface area contributed by atoms with Gasteiger partial charge < -0.3 is 10.3 Å². The van der Waals surface area contributed by atoms with Crippen LogP contribution in [0.3, 0.4) is 0 Å². The molecule has 7 heteroatoms. The molecule has 0 radical (unpaired) electrons. The maximum Gasteiger partial charge on any atom is 0.256 e. The first-order valence-electron chi connectivity index (χ1n) is 10.7. The van der Waals surface area contributed by atoms with Crippen LogP contribution in [0.4, 0.5) is 5.82 Å². The Kier molecular flexibility index (Phi) is 5.03. The summed E-state index contributed by atoms with van der Waals surface area (Å²) in [5.41, 5.74) is 5.80. The first-order valence-corrected chi connectivity index (χ1v) is 10.7. The van der Waals surface area contributed by atoms with E-state index in [9.17, 15) is 4.79 Å². The zero-order valence-electron chi connectivity index (χ0n) is 17.8. The van der Waals surface area contributed by atoms with E-state index in [1.807, 2.05) is 43.5 Å². The summed E-state index contributed by atoms with van der Waals surface area (Å²) in [5.74, 6) is 0.357. The lowest BCUT2D eigenvalue weighted by Gasteiger charge is -2.19. The minimum atomic E-state index is -0.181. The van der Waals surface area contributed by atoms with Crippen LogP contribution >= 0.6 is 0 Å². The fourth-order valence-electron chi connectivity index (χ4n) is 4.32. The summed E-state index contributed by atoms with van der Waals surface area (Å²) in [6, 6.07) is 12.2. The van der Waals surface area contributed by atoms with Crippen LogP contribution in [0.15, 0.2) is 48.8 Å².